The molecule has 1 aliphatic carbocycles. The highest BCUT2D eigenvalue weighted by Gasteiger charge is 2.26. The van der Waals surface area contributed by atoms with Gasteiger partial charge in [-0.3, -0.25) is 0 Å². The zero-order valence-electron chi connectivity index (χ0n) is 14.5. The third-order valence-corrected chi connectivity index (χ3v) is 5.61. The van der Waals surface area contributed by atoms with Crippen molar-refractivity contribution in [3.05, 3.63) is 34.9 Å². The van der Waals surface area contributed by atoms with Crippen LogP contribution in [0.1, 0.15) is 42.4 Å². The molecule has 1 unspecified atom stereocenters. The second-order valence-electron chi connectivity index (χ2n) is 7.10. The lowest BCUT2D eigenvalue weighted by Gasteiger charge is -2.33. The van der Waals surface area contributed by atoms with Crippen molar-refractivity contribution >= 4 is 5.71 Å². The number of piperidine rings is 1. The van der Waals surface area contributed by atoms with Gasteiger partial charge in [-0.1, -0.05) is 23.8 Å². The summed E-state index contributed by atoms with van der Waals surface area (Å²) in [5, 5.41) is 7.58. The number of nitrogens with zero attached hydrogens (tertiary/aromatic N) is 2. The molecule has 1 aliphatic heterocycles. The van der Waals surface area contributed by atoms with Gasteiger partial charge in [0.25, 0.3) is 0 Å². The molecule has 0 radical (unpaired) electrons. The Bertz CT molecular complexity index is 558. The average Bonchev–Trinajstić information content (AvgIpc) is 2.59. The predicted octanol–water partition coefficient (Wildman–Crippen LogP) is 2.29. The topological polar surface area (TPSA) is 53.6 Å². The van der Waals surface area contributed by atoms with Crippen LogP contribution >= 0.6 is 0 Å². The van der Waals surface area contributed by atoms with Crippen LogP contribution in [-0.2, 0) is 6.42 Å². The van der Waals surface area contributed by atoms with Crippen LogP contribution in [0.2, 0.25) is 0 Å². The number of benzene rings is 1. The zero-order valence-corrected chi connectivity index (χ0v) is 14.5. The molecule has 1 aromatic rings. The van der Waals surface area contributed by atoms with Crippen LogP contribution < -0.4 is 11.2 Å². The molecule has 1 fully saturated rings. The van der Waals surface area contributed by atoms with E-state index in [2.05, 4.69) is 47.5 Å². The van der Waals surface area contributed by atoms with E-state index in [1.54, 1.807) is 0 Å². The van der Waals surface area contributed by atoms with E-state index in [0.717, 1.165) is 12.1 Å². The Balaban J connectivity index is 1.60. The number of aryl methyl sites for hydroxylation is 2. The molecule has 0 bridgehead atoms. The fourth-order valence-electron chi connectivity index (χ4n) is 4.11. The van der Waals surface area contributed by atoms with E-state index in [0.29, 0.717) is 12.0 Å². The smallest absolute Gasteiger partial charge is 0.0706 e. The number of rotatable bonds is 4. The molecule has 1 aromatic carbocycles. The van der Waals surface area contributed by atoms with Gasteiger partial charge in [0.2, 0.25) is 0 Å². The Morgan fingerprint density at radius 2 is 2.04 bits per heavy atom. The first-order valence-corrected chi connectivity index (χ1v) is 8.98. The van der Waals surface area contributed by atoms with Crippen LogP contribution in [0.15, 0.2) is 23.3 Å². The molecule has 4 nitrogen and oxygen atoms in total. The largest absolute Gasteiger partial charge is 0.323 e. The molecule has 126 valence electrons. The number of hydrazone groups is 1. The summed E-state index contributed by atoms with van der Waals surface area (Å²) in [4.78, 5) is 2.60. The van der Waals surface area contributed by atoms with E-state index in [4.69, 9.17) is 5.84 Å². The maximum absolute atomic E-state index is 5.76. The van der Waals surface area contributed by atoms with Crippen LogP contribution in [0.5, 0.6) is 0 Å². The highest BCUT2D eigenvalue weighted by molar-refractivity contribution is 6.04. The molecular formula is C19H30N4. The van der Waals surface area contributed by atoms with E-state index in [9.17, 15) is 0 Å². The van der Waals surface area contributed by atoms with Crippen molar-refractivity contribution in [2.45, 2.75) is 45.1 Å². The number of likely N-dealkylation sites (tertiary alicyclic amines) is 1. The fourth-order valence-corrected chi connectivity index (χ4v) is 4.11. The third-order valence-electron chi connectivity index (χ3n) is 5.61. The lowest BCUT2D eigenvalue weighted by molar-refractivity contribution is 0.194. The SMILES string of the molecule is CNC1CCN(CCC2CCc3cc(C)ccc3/C2=N/N)CC1. The number of nitrogens with one attached hydrogen (secondary N) is 1. The minimum absolute atomic E-state index is 0.511. The second kappa shape index (κ2) is 7.45. The normalized spacial score (nSPS) is 24.8. The van der Waals surface area contributed by atoms with Crippen molar-refractivity contribution in [2.24, 2.45) is 16.9 Å². The van der Waals surface area contributed by atoms with Gasteiger partial charge in [-0.25, -0.2) is 0 Å². The minimum atomic E-state index is 0.511. The second-order valence-corrected chi connectivity index (χ2v) is 7.10. The van der Waals surface area contributed by atoms with Crippen molar-refractivity contribution in [1.29, 1.82) is 0 Å². The molecular weight excluding hydrogens is 284 g/mol. The molecule has 23 heavy (non-hydrogen) atoms. The van der Waals surface area contributed by atoms with Gasteiger partial charge in [0, 0.05) is 17.5 Å². The summed E-state index contributed by atoms with van der Waals surface area (Å²) in [5.41, 5.74) is 5.14. The first-order valence-electron chi connectivity index (χ1n) is 8.98. The molecule has 2 aliphatic rings. The number of nitrogens with two attached hydrogens (primary N) is 1. The Kier molecular flexibility index (Phi) is 5.34. The van der Waals surface area contributed by atoms with Gasteiger partial charge < -0.3 is 16.1 Å². The molecule has 3 N–H and O–H groups in total. The van der Waals surface area contributed by atoms with Gasteiger partial charge in [0.15, 0.2) is 0 Å². The molecule has 0 saturated carbocycles. The number of hydrogen-bond acceptors (Lipinski definition) is 4. The highest BCUT2D eigenvalue weighted by Crippen LogP contribution is 2.29. The van der Waals surface area contributed by atoms with Crippen molar-refractivity contribution in [1.82, 2.24) is 10.2 Å². The average molecular weight is 314 g/mol. The first kappa shape index (κ1) is 16.5. The summed E-state index contributed by atoms with van der Waals surface area (Å²) in [5.74, 6) is 6.27. The van der Waals surface area contributed by atoms with E-state index in [1.807, 2.05) is 0 Å². The fraction of sp³-hybridized carbons (Fsp3) is 0.632. The predicted molar refractivity (Wildman–Crippen MR) is 96.9 cm³/mol. The van der Waals surface area contributed by atoms with Crippen molar-refractivity contribution in [3.63, 3.8) is 0 Å². The maximum atomic E-state index is 5.76. The molecule has 0 aromatic heterocycles. The summed E-state index contributed by atoms with van der Waals surface area (Å²) in [6, 6.07) is 7.38. The Morgan fingerprint density at radius 3 is 2.74 bits per heavy atom. The van der Waals surface area contributed by atoms with Crippen molar-refractivity contribution in [2.75, 3.05) is 26.7 Å². The monoisotopic (exact) mass is 314 g/mol. The molecule has 0 spiro atoms. The third kappa shape index (κ3) is 3.75. The molecule has 1 atom stereocenters. The van der Waals surface area contributed by atoms with Crippen LogP contribution in [0.4, 0.5) is 0 Å². The molecule has 1 saturated heterocycles. The van der Waals surface area contributed by atoms with Gasteiger partial charge in [-0.05, 0) is 71.3 Å². The molecule has 1 heterocycles. The van der Waals surface area contributed by atoms with Gasteiger partial charge in [-0.2, -0.15) is 5.10 Å². The van der Waals surface area contributed by atoms with E-state index < -0.39 is 0 Å². The molecule has 3 rings (SSSR count). The molecule has 4 heteroatoms. The van der Waals surface area contributed by atoms with Crippen molar-refractivity contribution < 1.29 is 0 Å². The minimum Gasteiger partial charge on any atom is -0.323 e. The summed E-state index contributed by atoms with van der Waals surface area (Å²) in [6.07, 6.45) is 6.04. The van der Waals surface area contributed by atoms with Gasteiger partial charge in [0.1, 0.15) is 0 Å². The number of fused-ring (bicyclic) bond motifs is 1. The lowest BCUT2D eigenvalue weighted by Crippen LogP contribution is -2.42. The van der Waals surface area contributed by atoms with E-state index in [1.165, 1.54) is 62.0 Å². The summed E-state index contributed by atoms with van der Waals surface area (Å²) >= 11 is 0. The Morgan fingerprint density at radius 1 is 1.26 bits per heavy atom. The summed E-state index contributed by atoms with van der Waals surface area (Å²) in [7, 11) is 2.07. The summed E-state index contributed by atoms with van der Waals surface area (Å²) in [6.45, 7) is 5.74. The van der Waals surface area contributed by atoms with Crippen LogP contribution in [-0.4, -0.2) is 43.3 Å². The molecule has 0 amide bonds. The maximum Gasteiger partial charge on any atom is 0.0706 e. The van der Waals surface area contributed by atoms with E-state index >= 15 is 0 Å². The summed E-state index contributed by atoms with van der Waals surface area (Å²) < 4.78 is 0. The van der Waals surface area contributed by atoms with Crippen LogP contribution in [0.3, 0.4) is 0 Å². The van der Waals surface area contributed by atoms with Crippen LogP contribution in [0, 0.1) is 12.8 Å². The van der Waals surface area contributed by atoms with Crippen molar-refractivity contribution in [3.8, 4) is 0 Å². The highest BCUT2D eigenvalue weighted by atomic mass is 15.1. The first-order chi connectivity index (χ1) is 11.2. The quantitative estimate of drug-likeness (QED) is 0.662. The Hall–Kier alpha value is -1.39. The number of hydrogen-bond donors (Lipinski definition) is 2. The van der Waals surface area contributed by atoms with Gasteiger partial charge >= 0.3 is 0 Å². The van der Waals surface area contributed by atoms with Crippen LogP contribution in [0.25, 0.3) is 0 Å². The van der Waals surface area contributed by atoms with E-state index in [-0.39, 0.29) is 0 Å². The zero-order chi connectivity index (χ0) is 16.2. The van der Waals surface area contributed by atoms with Gasteiger partial charge in [0.05, 0.1) is 5.71 Å². The standard InChI is InChI=1S/C19H30N4/c1-14-3-6-18-16(13-14)5-4-15(19(18)22-20)7-10-23-11-8-17(21-2)9-12-23/h3,6,13,15,17,21H,4-5,7-12,20H2,1-2H3/b22-19+. The van der Waals surface area contributed by atoms with Gasteiger partial charge in [-0.15, -0.1) is 0 Å². The lowest BCUT2D eigenvalue weighted by atomic mass is 9.80. The Labute approximate surface area is 140 Å².